The van der Waals surface area contributed by atoms with Gasteiger partial charge in [-0.3, -0.25) is 18.8 Å². The molecule has 250 valence electrons. The van der Waals surface area contributed by atoms with Crippen LogP contribution in [0, 0.1) is 12.7 Å². The lowest BCUT2D eigenvalue weighted by Gasteiger charge is -2.19. The van der Waals surface area contributed by atoms with Gasteiger partial charge in [-0.25, -0.2) is 14.4 Å². The number of methoxy groups -OCH3 is 1. The van der Waals surface area contributed by atoms with Crippen LogP contribution in [-0.4, -0.2) is 79.3 Å². The van der Waals surface area contributed by atoms with E-state index in [0.717, 1.165) is 5.56 Å². The number of imidazole rings is 1. The minimum atomic E-state index is -0.895. The van der Waals surface area contributed by atoms with Crippen LogP contribution in [-0.2, 0) is 16.0 Å². The Balaban J connectivity index is 1.37. The number of anilines is 2. The first-order chi connectivity index (χ1) is 23.1. The van der Waals surface area contributed by atoms with Gasteiger partial charge in [0.15, 0.2) is 11.5 Å². The van der Waals surface area contributed by atoms with E-state index in [4.69, 9.17) is 18.3 Å². The quantitative estimate of drug-likeness (QED) is 0.0780. The third-order valence-corrected chi connectivity index (χ3v) is 7.56. The Morgan fingerprint density at radius 1 is 1.12 bits per heavy atom. The molecule has 3 amide bonds. The number of ether oxygens (including phenoxy) is 1. The molecule has 15 heteroatoms. The van der Waals surface area contributed by atoms with Gasteiger partial charge in [0.1, 0.15) is 25.5 Å². The number of fused-ring (bicyclic) bond motifs is 1. The first kappa shape index (κ1) is 35.4. The molecule has 0 saturated carbocycles. The summed E-state index contributed by atoms with van der Waals surface area (Å²) < 4.78 is 22.2. The number of carbonyl (C=O) groups is 3. The summed E-state index contributed by atoms with van der Waals surface area (Å²) >= 11 is 0. The molecule has 2 radical (unpaired) electrons. The van der Waals surface area contributed by atoms with Gasteiger partial charge in [0.25, 0.3) is 5.91 Å². The van der Waals surface area contributed by atoms with E-state index in [9.17, 15) is 14.4 Å². The number of halogens is 1. The Morgan fingerprint density at radius 2 is 1.90 bits per heavy atom. The van der Waals surface area contributed by atoms with Gasteiger partial charge in [-0.15, -0.1) is 0 Å². The van der Waals surface area contributed by atoms with Crippen LogP contribution in [0.15, 0.2) is 61.1 Å². The Hall–Kier alpha value is -5.44. The molecule has 0 fully saturated rings. The molecule has 4 rings (SSSR count). The molecule has 0 aliphatic carbocycles. The van der Waals surface area contributed by atoms with E-state index in [1.165, 1.54) is 7.11 Å². The number of amides is 3. The summed E-state index contributed by atoms with van der Waals surface area (Å²) in [5, 5.41) is 14.1. The number of hydrogen-bond donors (Lipinski definition) is 6. The maximum absolute atomic E-state index is 15.2. The molecule has 7 N–H and O–H groups in total. The first-order valence-corrected chi connectivity index (χ1v) is 15.4. The van der Waals surface area contributed by atoms with E-state index in [0.29, 0.717) is 64.7 Å². The number of hydrogen-bond acceptors (Lipinski definition) is 9. The zero-order valence-corrected chi connectivity index (χ0v) is 27.2. The summed E-state index contributed by atoms with van der Waals surface area (Å²) in [6.07, 6.45) is 5.96. The fourth-order valence-electron chi connectivity index (χ4n) is 5.03. The van der Waals surface area contributed by atoms with Crippen molar-refractivity contribution >= 4 is 42.7 Å². The SMILES string of the molecule is [B]C(=C)NCC(NC(=O)CN)C(=O)NCCCNC(=O)c1ccc(Nc2nccn3c(-c4ccc(OC)c(C)c4F)cnc23)cc1CC. The molecular weight excluding hydrogens is 616 g/mol. The van der Waals surface area contributed by atoms with Crippen LogP contribution in [0.5, 0.6) is 5.75 Å². The molecule has 0 aliphatic rings. The summed E-state index contributed by atoms with van der Waals surface area (Å²) in [5.41, 5.74) is 9.38. The van der Waals surface area contributed by atoms with Crippen molar-refractivity contribution in [3.05, 3.63) is 83.6 Å². The molecule has 0 spiro atoms. The van der Waals surface area contributed by atoms with E-state index in [-0.39, 0.29) is 31.1 Å². The Bertz CT molecular complexity index is 1810. The third kappa shape index (κ3) is 8.47. The molecule has 2 aromatic heterocycles. The van der Waals surface area contributed by atoms with Crippen LogP contribution in [0.25, 0.3) is 16.9 Å². The Morgan fingerprint density at radius 3 is 2.60 bits per heavy atom. The maximum Gasteiger partial charge on any atom is 0.251 e. The lowest BCUT2D eigenvalue weighted by molar-refractivity contribution is -0.128. The summed E-state index contributed by atoms with van der Waals surface area (Å²) in [4.78, 5) is 46.2. The predicted octanol–water partition coefficient (Wildman–Crippen LogP) is 2.07. The largest absolute Gasteiger partial charge is 0.496 e. The van der Waals surface area contributed by atoms with Crippen LogP contribution in [0.4, 0.5) is 15.9 Å². The lowest BCUT2D eigenvalue weighted by Crippen LogP contribution is -2.53. The van der Waals surface area contributed by atoms with Gasteiger partial charge in [0.05, 0.1) is 25.5 Å². The summed E-state index contributed by atoms with van der Waals surface area (Å²) in [5.74, 6) is -0.624. The van der Waals surface area contributed by atoms with E-state index in [2.05, 4.69) is 43.1 Å². The molecule has 2 aromatic carbocycles. The van der Waals surface area contributed by atoms with E-state index < -0.39 is 23.7 Å². The number of carbonyl (C=O) groups excluding carboxylic acids is 3. The number of aryl methyl sites for hydroxylation is 1. The van der Waals surface area contributed by atoms with Crippen molar-refractivity contribution in [2.24, 2.45) is 5.73 Å². The van der Waals surface area contributed by atoms with Crippen molar-refractivity contribution in [3.8, 4) is 17.0 Å². The lowest BCUT2D eigenvalue weighted by atomic mass is 10.0. The number of nitrogens with two attached hydrogens (primary N) is 1. The standard InChI is InChI=1S/C33H39BFN9O4/c1-5-21-15-22(42-30-31-41-18-26(44(31)14-13-37-30)24-9-10-27(48-4)19(2)29(24)35)7-8-23(21)32(46)38-11-6-12-39-33(47)25(17-40-20(3)34)43-28(45)16-36/h7-10,13-15,18,25,40H,3,5-6,11-12,16-17,36H2,1-2,4H3,(H,37,42)(H,38,46)(H,39,47)(H,43,45). The van der Waals surface area contributed by atoms with Crippen molar-refractivity contribution in [2.75, 3.05) is 38.6 Å². The van der Waals surface area contributed by atoms with Crippen LogP contribution in [0.2, 0.25) is 0 Å². The Kier molecular flexibility index (Phi) is 12.1. The highest BCUT2D eigenvalue weighted by molar-refractivity contribution is 6.20. The van der Waals surface area contributed by atoms with Crippen LogP contribution in [0.1, 0.15) is 34.8 Å². The smallest absolute Gasteiger partial charge is 0.251 e. The monoisotopic (exact) mass is 655 g/mol. The zero-order chi connectivity index (χ0) is 34.8. The number of nitrogens with one attached hydrogen (secondary N) is 5. The van der Waals surface area contributed by atoms with Crippen molar-refractivity contribution in [1.82, 2.24) is 35.6 Å². The van der Waals surface area contributed by atoms with E-state index in [1.807, 2.05) is 13.0 Å². The van der Waals surface area contributed by atoms with Crippen molar-refractivity contribution in [2.45, 2.75) is 32.7 Å². The maximum atomic E-state index is 15.2. The van der Waals surface area contributed by atoms with Gasteiger partial charge in [-0.2, -0.15) is 0 Å². The van der Waals surface area contributed by atoms with Gasteiger partial charge in [-0.05, 0) is 61.3 Å². The molecule has 2 heterocycles. The number of nitrogens with zero attached hydrogens (tertiary/aromatic N) is 3. The molecule has 4 aromatic rings. The second-order valence-corrected chi connectivity index (χ2v) is 10.8. The van der Waals surface area contributed by atoms with Gasteiger partial charge >= 0.3 is 0 Å². The molecule has 1 atom stereocenters. The Labute approximate surface area is 279 Å². The van der Waals surface area contributed by atoms with Crippen LogP contribution >= 0.6 is 0 Å². The van der Waals surface area contributed by atoms with Crippen LogP contribution in [0.3, 0.4) is 0 Å². The molecule has 0 aliphatic heterocycles. The molecule has 1 unspecified atom stereocenters. The molecule has 13 nitrogen and oxygen atoms in total. The highest BCUT2D eigenvalue weighted by atomic mass is 19.1. The second-order valence-electron chi connectivity index (χ2n) is 10.8. The minimum absolute atomic E-state index is 0.0476. The minimum Gasteiger partial charge on any atom is -0.496 e. The fraction of sp³-hybridized carbons (Fsp3) is 0.303. The van der Waals surface area contributed by atoms with E-state index in [1.54, 1.807) is 54.2 Å². The summed E-state index contributed by atoms with van der Waals surface area (Å²) in [7, 11) is 7.00. The second kappa shape index (κ2) is 16.4. The molecule has 48 heavy (non-hydrogen) atoms. The summed E-state index contributed by atoms with van der Waals surface area (Å²) in [6.45, 7) is 7.48. The number of aromatic nitrogens is 3. The third-order valence-electron chi connectivity index (χ3n) is 7.56. The average Bonchev–Trinajstić information content (AvgIpc) is 3.52. The van der Waals surface area contributed by atoms with Crippen LogP contribution < -0.4 is 37.1 Å². The first-order valence-electron chi connectivity index (χ1n) is 15.4. The normalized spacial score (nSPS) is 11.4. The van der Waals surface area contributed by atoms with Crippen molar-refractivity contribution in [1.29, 1.82) is 0 Å². The van der Waals surface area contributed by atoms with Crippen molar-refractivity contribution < 1.29 is 23.5 Å². The number of benzene rings is 2. The highest BCUT2D eigenvalue weighted by Crippen LogP contribution is 2.32. The van der Waals surface area contributed by atoms with Gasteiger partial charge in [-0.1, -0.05) is 13.5 Å². The van der Waals surface area contributed by atoms with Gasteiger partial charge < -0.3 is 37.1 Å². The van der Waals surface area contributed by atoms with Crippen molar-refractivity contribution in [3.63, 3.8) is 0 Å². The topological polar surface area (TPSA) is 177 Å². The zero-order valence-electron chi connectivity index (χ0n) is 27.2. The highest BCUT2D eigenvalue weighted by Gasteiger charge is 2.20. The predicted molar refractivity (Wildman–Crippen MR) is 183 cm³/mol. The molecule has 0 bridgehead atoms. The molecular formula is C33H39BFN9O4. The fourth-order valence-corrected chi connectivity index (χ4v) is 5.03. The summed E-state index contributed by atoms with van der Waals surface area (Å²) in [6, 6.07) is 7.86. The molecule has 0 saturated heterocycles. The van der Waals surface area contributed by atoms with Gasteiger partial charge in [0.2, 0.25) is 11.8 Å². The average molecular weight is 656 g/mol. The van der Waals surface area contributed by atoms with E-state index >= 15 is 4.39 Å². The van der Waals surface area contributed by atoms with Gasteiger partial charge in [0, 0.05) is 54.4 Å². The number of rotatable bonds is 16.